The van der Waals surface area contributed by atoms with Crippen molar-refractivity contribution in [3.8, 4) is 0 Å². The lowest BCUT2D eigenvalue weighted by molar-refractivity contribution is -0.385. The predicted molar refractivity (Wildman–Crippen MR) is 95.9 cm³/mol. The SMILES string of the molecule is CCCCOC(=O)c1cccc(N2C(=O)c3cccc([N+](=O)[O-])c3C2=O)c1. The number of ether oxygens (including phenoxy) is 1. The second-order valence-corrected chi connectivity index (χ2v) is 5.94. The molecule has 0 atom stereocenters. The highest BCUT2D eigenvalue weighted by Crippen LogP contribution is 2.34. The monoisotopic (exact) mass is 368 g/mol. The first-order valence-electron chi connectivity index (χ1n) is 8.39. The zero-order valence-electron chi connectivity index (χ0n) is 14.5. The van der Waals surface area contributed by atoms with Crippen molar-refractivity contribution in [3.63, 3.8) is 0 Å². The molecule has 0 saturated carbocycles. The van der Waals surface area contributed by atoms with Crippen molar-refractivity contribution >= 4 is 29.2 Å². The Morgan fingerprint density at radius 1 is 1.15 bits per heavy atom. The molecule has 0 fully saturated rings. The van der Waals surface area contributed by atoms with Crippen LogP contribution in [0.5, 0.6) is 0 Å². The van der Waals surface area contributed by atoms with Crippen LogP contribution in [0.4, 0.5) is 11.4 Å². The molecule has 0 radical (unpaired) electrons. The van der Waals surface area contributed by atoms with E-state index in [0.717, 1.165) is 17.7 Å². The molecule has 0 N–H and O–H groups in total. The van der Waals surface area contributed by atoms with Gasteiger partial charge in [0.15, 0.2) is 0 Å². The summed E-state index contributed by atoms with van der Waals surface area (Å²) in [5, 5.41) is 11.2. The van der Waals surface area contributed by atoms with Gasteiger partial charge in [-0.25, -0.2) is 9.69 Å². The molecule has 2 aromatic rings. The number of anilines is 1. The number of benzene rings is 2. The average Bonchev–Trinajstić information content (AvgIpc) is 2.92. The molecule has 0 aliphatic carbocycles. The van der Waals surface area contributed by atoms with Crippen LogP contribution in [0.25, 0.3) is 0 Å². The van der Waals surface area contributed by atoms with E-state index >= 15 is 0 Å². The summed E-state index contributed by atoms with van der Waals surface area (Å²) in [7, 11) is 0. The Balaban J connectivity index is 1.94. The number of nitro groups is 1. The second kappa shape index (κ2) is 7.36. The molecule has 2 aromatic carbocycles. The molecule has 1 aliphatic rings. The summed E-state index contributed by atoms with van der Waals surface area (Å²) in [6, 6.07) is 9.77. The molecule has 8 nitrogen and oxygen atoms in total. The van der Waals surface area contributed by atoms with Crippen molar-refractivity contribution in [2.24, 2.45) is 0 Å². The van der Waals surface area contributed by atoms with Crippen LogP contribution in [0.15, 0.2) is 42.5 Å². The third kappa shape index (κ3) is 3.29. The van der Waals surface area contributed by atoms with Crippen LogP contribution in [0.3, 0.4) is 0 Å². The molecule has 0 spiro atoms. The van der Waals surface area contributed by atoms with Gasteiger partial charge in [0.1, 0.15) is 5.56 Å². The van der Waals surface area contributed by atoms with Gasteiger partial charge < -0.3 is 4.74 Å². The molecule has 27 heavy (non-hydrogen) atoms. The predicted octanol–water partition coefficient (Wildman–Crippen LogP) is 3.35. The molecular formula is C19H16N2O6. The number of imide groups is 1. The van der Waals surface area contributed by atoms with Crippen LogP contribution in [-0.4, -0.2) is 29.3 Å². The third-order valence-electron chi connectivity index (χ3n) is 4.16. The van der Waals surface area contributed by atoms with E-state index in [9.17, 15) is 24.5 Å². The number of fused-ring (bicyclic) bond motifs is 1. The fourth-order valence-corrected chi connectivity index (χ4v) is 2.82. The maximum absolute atomic E-state index is 12.7. The first-order chi connectivity index (χ1) is 13.0. The minimum absolute atomic E-state index is 0.0369. The minimum Gasteiger partial charge on any atom is -0.462 e. The lowest BCUT2D eigenvalue weighted by atomic mass is 10.1. The van der Waals surface area contributed by atoms with Crippen molar-refractivity contribution in [2.45, 2.75) is 19.8 Å². The first kappa shape index (κ1) is 18.2. The van der Waals surface area contributed by atoms with Crippen molar-refractivity contribution < 1.29 is 24.0 Å². The van der Waals surface area contributed by atoms with Gasteiger partial charge in [0.2, 0.25) is 0 Å². The van der Waals surface area contributed by atoms with Crippen molar-refractivity contribution in [1.82, 2.24) is 0 Å². The summed E-state index contributed by atoms with van der Waals surface area (Å²) >= 11 is 0. The van der Waals surface area contributed by atoms with Gasteiger partial charge in [0.05, 0.1) is 28.3 Å². The van der Waals surface area contributed by atoms with Crippen molar-refractivity contribution in [2.75, 3.05) is 11.5 Å². The van der Waals surface area contributed by atoms with E-state index in [4.69, 9.17) is 4.74 Å². The lowest BCUT2D eigenvalue weighted by Crippen LogP contribution is -2.29. The maximum Gasteiger partial charge on any atom is 0.338 e. The van der Waals surface area contributed by atoms with Crippen LogP contribution in [0, 0.1) is 10.1 Å². The smallest absolute Gasteiger partial charge is 0.338 e. The summed E-state index contributed by atoms with van der Waals surface area (Å²) in [6.07, 6.45) is 1.61. The molecular weight excluding hydrogens is 352 g/mol. The van der Waals surface area contributed by atoms with E-state index in [1.807, 2.05) is 6.92 Å². The van der Waals surface area contributed by atoms with Crippen LogP contribution < -0.4 is 4.90 Å². The van der Waals surface area contributed by atoms with E-state index in [1.165, 1.54) is 42.5 Å². The number of rotatable bonds is 6. The highest BCUT2D eigenvalue weighted by atomic mass is 16.6. The number of carbonyl (C=O) groups is 3. The summed E-state index contributed by atoms with van der Waals surface area (Å²) in [5.74, 6) is -2.03. The second-order valence-electron chi connectivity index (χ2n) is 5.94. The Labute approximate surface area is 154 Å². The fraction of sp³-hybridized carbons (Fsp3) is 0.211. The Morgan fingerprint density at radius 3 is 2.59 bits per heavy atom. The number of unbranched alkanes of at least 4 members (excludes halogenated alkanes) is 1. The van der Waals surface area contributed by atoms with Gasteiger partial charge in [-0.2, -0.15) is 0 Å². The molecule has 2 amide bonds. The van der Waals surface area contributed by atoms with E-state index in [-0.39, 0.29) is 29.0 Å². The number of hydrogen-bond donors (Lipinski definition) is 0. The van der Waals surface area contributed by atoms with Gasteiger partial charge in [-0.3, -0.25) is 19.7 Å². The number of nitrogens with zero attached hydrogens (tertiary/aromatic N) is 2. The Hall–Kier alpha value is -3.55. The summed E-state index contributed by atoms with van der Waals surface area (Å²) < 4.78 is 5.14. The first-order valence-corrected chi connectivity index (χ1v) is 8.39. The summed E-state index contributed by atoms with van der Waals surface area (Å²) in [5.41, 5.74) is -0.368. The van der Waals surface area contributed by atoms with Gasteiger partial charge in [-0.05, 0) is 30.7 Å². The molecule has 0 unspecified atom stereocenters. The number of esters is 1. The average molecular weight is 368 g/mol. The molecule has 0 saturated heterocycles. The molecule has 1 heterocycles. The van der Waals surface area contributed by atoms with E-state index in [1.54, 1.807) is 0 Å². The Kier molecular flexibility index (Phi) is 4.98. The maximum atomic E-state index is 12.7. The number of carbonyl (C=O) groups excluding carboxylic acids is 3. The standard InChI is InChI=1S/C19H16N2O6/c1-2-3-10-27-19(24)12-6-4-7-13(11-12)20-17(22)14-8-5-9-15(21(25)26)16(14)18(20)23/h4-9,11H,2-3,10H2,1H3. The summed E-state index contributed by atoms with van der Waals surface area (Å²) in [6.45, 7) is 2.24. The molecule has 8 heteroatoms. The highest BCUT2D eigenvalue weighted by molar-refractivity contribution is 6.35. The number of hydrogen-bond acceptors (Lipinski definition) is 6. The van der Waals surface area contributed by atoms with Gasteiger partial charge >= 0.3 is 5.97 Å². The van der Waals surface area contributed by atoms with Crippen LogP contribution in [-0.2, 0) is 4.74 Å². The molecule has 1 aliphatic heterocycles. The highest BCUT2D eigenvalue weighted by Gasteiger charge is 2.41. The van der Waals surface area contributed by atoms with Gasteiger partial charge in [-0.15, -0.1) is 0 Å². The Bertz CT molecular complexity index is 953. The van der Waals surface area contributed by atoms with Gasteiger partial charge in [-0.1, -0.05) is 25.5 Å². The minimum atomic E-state index is -0.793. The molecule has 0 aromatic heterocycles. The molecule has 0 bridgehead atoms. The van der Waals surface area contributed by atoms with Crippen LogP contribution in [0.2, 0.25) is 0 Å². The van der Waals surface area contributed by atoms with E-state index < -0.39 is 28.4 Å². The zero-order chi connectivity index (χ0) is 19.6. The van der Waals surface area contributed by atoms with Crippen molar-refractivity contribution in [3.05, 3.63) is 69.3 Å². The van der Waals surface area contributed by atoms with Crippen LogP contribution in [0.1, 0.15) is 50.8 Å². The molecule has 138 valence electrons. The quantitative estimate of drug-likeness (QED) is 0.254. The van der Waals surface area contributed by atoms with E-state index in [0.29, 0.717) is 0 Å². The topological polar surface area (TPSA) is 107 Å². The fourth-order valence-electron chi connectivity index (χ4n) is 2.82. The lowest BCUT2D eigenvalue weighted by Gasteiger charge is -2.14. The largest absolute Gasteiger partial charge is 0.462 e. The summed E-state index contributed by atoms with van der Waals surface area (Å²) in [4.78, 5) is 48.8. The number of amides is 2. The van der Waals surface area contributed by atoms with Gasteiger partial charge in [0.25, 0.3) is 17.5 Å². The Morgan fingerprint density at radius 2 is 1.89 bits per heavy atom. The zero-order valence-corrected chi connectivity index (χ0v) is 14.5. The normalized spacial score (nSPS) is 12.9. The number of nitro benzene ring substituents is 1. The van der Waals surface area contributed by atoms with Gasteiger partial charge in [0, 0.05) is 6.07 Å². The van der Waals surface area contributed by atoms with Crippen molar-refractivity contribution in [1.29, 1.82) is 0 Å². The molecule has 3 rings (SSSR count). The van der Waals surface area contributed by atoms with E-state index in [2.05, 4.69) is 0 Å². The third-order valence-corrected chi connectivity index (χ3v) is 4.16. The van der Waals surface area contributed by atoms with Crippen LogP contribution >= 0.6 is 0 Å².